The number of anilines is 1. The van der Waals surface area contributed by atoms with Gasteiger partial charge in [-0.05, 0) is 93.5 Å². The molecule has 1 aliphatic heterocycles. The first-order valence-corrected chi connectivity index (χ1v) is 13.1. The van der Waals surface area contributed by atoms with Crippen LogP contribution >= 0.6 is 11.8 Å². The summed E-state index contributed by atoms with van der Waals surface area (Å²) in [6.07, 6.45) is 6.41. The van der Waals surface area contributed by atoms with Gasteiger partial charge in [-0.3, -0.25) is 4.79 Å². The Labute approximate surface area is 202 Å². The van der Waals surface area contributed by atoms with Crippen molar-refractivity contribution < 1.29 is 4.79 Å². The minimum absolute atomic E-state index is 0.0868. The maximum Gasteiger partial charge on any atom is 0.170 e. The molecular formula is C28H35N3OS. The molecular weight excluding hydrogens is 426 g/mol. The summed E-state index contributed by atoms with van der Waals surface area (Å²) < 4.78 is 0. The number of thioether (sulfide) groups is 1. The summed E-state index contributed by atoms with van der Waals surface area (Å²) in [6, 6.07) is 16.4. The number of rotatable bonds is 3. The van der Waals surface area contributed by atoms with Crippen LogP contribution in [0.15, 0.2) is 58.5 Å². The van der Waals surface area contributed by atoms with E-state index in [2.05, 4.69) is 75.2 Å². The van der Waals surface area contributed by atoms with Crippen LogP contribution in [0, 0.1) is 18.3 Å². The maximum absolute atomic E-state index is 11.8. The van der Waals surface area contributed by atoms with Crippen LogP contribution in [0.5, 0.6) is 0 Å². The van der Waals surface area contributed by atoms with Gasteiger partial charge in [-0.25, -0.2) is 9.98 Å². The molecule has 4 rings (SSSR count). The highest BCUT2D eigenvalue weighted by atomic mass is 32.2. The van der Waals surface area contributed by atoms with Gasteiger partial charge in [0.1, 0.15) is 5.54 Å². The molecule has 0 atom stereocenters. The number of Topliss-reactive ketones (excluding diaryl/α,β-unsaturated/α-hetero) is 1. The summed E-state index contributed by atoms with van der Waals surface area (Å²) in [6.45, 7) is 10.8. The first kappa shape index (κ1) is 23.7. The van der Waals surface area contributed by atoms with E-state index in [1.54, 1.807) is 18.7 Å². The fourth-order valence-corrected chi connectivity index (χ4v) is 5.79. The number of amidine groups is 2. The van der Waals surface area contributed by atoms with Crippen molar-refractivity contribution in [2.45, 2.75) is 65.8 Å². The summed E-state index contributed by atoms with van der Waals surface area (Å²) >= 11 is 1.66. The summed E-state index contributed by atoms with van der Waals surface area (Å²) in [7, 11) is 0. The number of aryl methyl sites for hydroxylation is 1. The predicted molar refractivity (Wildman–Crippen MR) is 142 cm³/mol. The average molecular weight is 462 g/mol. The topological polar surface area (TPSA) is 45.0 Å². The van der Waals surface area contributed by atoms with Crippen LogP contribution in [0.1, 0.15) is 69.3 Å². The third-order valence-corrected chi connectivity index (χ3v) is 7.90. The molecule has 1 aliphatic carbocycles. The van der Waals surface area contributed by atoms with Crippen molar-refractivity contribution >= 4 is 39.9 Å². The Morgan fingerprint density at radius 1 is 1.06 bits per heavy atom. The highest BCUT2D eigenvalue weighted by Crippen LogP contribution is 2.49. The molecule has 2 aromatic carbocycles. The SMILES string of the molecule is CSC1=NC(=Nc2ccc(C)cc2)C2(CCC(C(C)(C)C)CC2)N1c1ccc(C(C)=O)cc1. The largest absolute Gasteiger partial charge is 0.307 e. The normalized spacial score (nSPS) is 24.4. The van der Waals surface area contributed by atoms with Gasteiger partial charge in [-0.15, -0.1) is 0 Å². The van der Waals surface area contributed by atoms with Crippen LogP contribution in [0.3, 0.4) is 0 Å². The van der Waals surface area contributed by atoms with Crippen LogP contribution in [0.2, 0.25) is 0 Å². The Kier molecular flexibility index (Phi) is 6.54. The van der Waals surface area contributed by atoms with E-state index < -0.39 is 0 Å². The number of nitrogens with zero attached hydrogens (tertiary/aromatic N) is 3. The van der Waals surface area contributed by atoms with Gasteiger partial charge in [0.05, 0.1) is 5.69 Å². The fourth-order valence-electron chi connectivity index (χ4n) is 5.15. The second-order valence-electron chi connectivity index (χ2n) is 10.5. The van der Waals surface area contributed by atoms with Crippen LogP contribution in [0.4, 0.5) is 11.4 Å². The Bertz CT molecular complexity index is 1070. The van der Waals surface area contributed by atoms with Gasteiger partial charge in [-0.2, -0.15) is 0 Å². The van der Waals surface area contributed by atoms with Crippen molar-refractivity contribution in [1.82, 2.24) is 0 Å². The monoisotopic (exact) mass is 461 g/mol. The van der Waals surface area contributed by atoms with Crippen molar-refractivity contribution in [3.8, 4) is 0 Å². The van der Waals surface area contributed by atoms with E-state index in [1.807, 2.05) is 12.1 Å². The first-order chi connectivity index (χ1) is 15.6. The summed E-state index contributed by atoms with van der Waals surface area (Å²) in [5, 5.41) is 0.977. The van der Waals surface area contributed by atoms with Gasteiger partial charge in [0.25, 0.3) is 0 Å². The zero-order valence-corrected chi connectivity index (χ0v) is 21.5. The van der Waals surface area contributed by atoms with Gasteiger partial charge >= 0.3 is 0 Å². The Morgan fingerprint density at radius 3 is 2.18 bits per heavy atom. The summed E-state index contributed by atoms with van der Waals surface area (Å²) in [5.74, 6) is 1.69. The van der Waals surface area contributed by atoms with Crippen LogP contribution in [-0.4, -0.2) is 28.6 Å². The molecule has 0 aromatic heterocycles. The lowest BCUT2D eigenvalue weighted by Gasteiger charge is -2.47. The maximum atomic E-state index is 11.8. The molecule has 0 saturated heterocycles. The van der Waals surface area contributed by atoms with E-state index >= 15 is 0 Å². The highest BCUT2D eigenvalue weighted by molar-refractivity contribution is 8.13. The second-order valence-corrected chi connectivity index (χ2v) is 11.3. The van der Waals surface area contributed by atoms with E-state index in [9.17, 15) is 4.79 Å². The van der Waals surface area contributed by atoms with Crippen molar-refractivity contribution in [1.29, 1.82) is 0 Å². The lowest BCUT2D eigenvalue weighted by molar-refractivity contribution is 0.101. The molecule has 0 amide bonds. The number of hydrogen-bond acceptors (Lipinski definition) is 4. The van der Waals surface area contributed by atoms with Crippen LogP contribution in [-0.2, 0) is 0 Å². The predicted octanol–water partition coefficient (Wildman–Crippen LogP) is 7.44. The molecule has 0 bridgehead atoms. The first-order valence-electron chi connectivity index (χ1n) is 11.8. The van der Waals surface area contributed by atoms with Gasteiger partial charge in [0, 0.05) is 11.3 Å². The number of carbonyl (C=O) groups is 1. The minimum atomic E-state index is -0.261. The molecule has 1 spiro atoms. The van der Waals surface area contributed by atoms with Gasteiger partial charge in [-0.1, -0.05) is 50.2 Å². The zero-order chi connectivity index (χ0) is 23.8. The third-order valence-electron chi connectivity index (χ3n) is 7.26. The Balaban J connectivity index is 1.79. The third kappa shape index (κ3) is 4.65. The van der Waals surface area contributed by atoms with E-state index in [1.165, 1.54) is 5.56 Å². The number of aliphatic imine (C=N–C) groups is 2. The molecule has 0 N–H and O–H groups in total. The van der Waals surface area contributed by atoms with Crippen LogP contribution < -0.4 is 4.90 Å². The van der Waals surface area contributed by atoms with Gasteiger partial charge < -0.3 is 4.90 Å². The lowest BCUT2D eigenvalue weighted by atomic mass is 9.66. The molecule has 0 unspecified atom stereocenters. The van der Waals surface area contributed by atoms with Gasteiger partial charge in [0.15, 0.2) is 16.8 Å². The molecule has 2 aromatic rings. The van der Waals surface area contributed by atoms with Crippen LogP contribution in [0.25, 0.3) is 0 Å². The molecule has 0 radical (unpaired) electrons. The lowest BCUT2D eigenvalue weighted by Crippen LogP contribution is -2.54. The molecule has 2 aliphatic rings. The number of benzene rings is 2. The number of carbonyl (C=O) groups excluding carboxylic acids is 1. The molecule has 1 saturated carbocycles. The average Bonchev–Trinajstić information content (AvgIpc) is 3.07. The van der Waals surface area contributed by atoms with E-state index in [-0.39, 0.29) is 11.3 Å². The van der Waals surface area contributed by atoms with Crippen molar-refractivity contribution in [2.24, 2.45) is 21.3 Å². The number of hydrogen-bond donors (Lipinski definition) is 0. The van der Waals surface area contributed by atoms with E-state index in [0.29, 0.717) is 11.3 Å². The van der Waals surface area contributed by atoms with Crippen molar-refractivity contribution in [3.05, 3.63) is 59.7 Å². The van der Waals surface area contributed by atoms with Gasteiger partial charge in [0.2, 0.25) is 0 Å². The molecule has 5 heteroatoms. The second kappa shape index (κ2) is 9.09. The molecule has 4 nitrogen and oxygen atoms in total. The number of ketones is 1. The highest BCUT2D eigenvalue weighted by Gasteiger charge is 2.51. The zero-order valence-electron chi connectivity index (χ0n) is 20.7. The molecule has 1 fully saturated rings. The standard InChI is InChI=1S/C28H35N3OS/c1-19-7-11-23(12-8-19)29-25-28(17-15-22(16-18-28)27(3,4)5)31(26(30-25)33-6)24-13-9-21(10-14-24)20(2)32/h7-14,22H,15-18H2,1-6H3. The Morgan fingerprint density at radius 2 is 1.67 bits per heavy atom. The van der Waals surface area contributed by atoms with Crippen molar-refractivity contribution in [3.63, 3.8) is 0 Å². The molecule has 1 heterocycles. The Hall–Kier alpha value is -2.40. The quantitative estimate of drug-likeness (QED) is 0.446. The van der Waals surface area contributed by atoms with E-state index in [0.717, 1.165) is 53.6 Å². The molecule has 174 valence electrons. The van der Waals surface area contributed by atoms with E-state index in [4.69, 9.17) is 9.98 Å². The minimum Gasteiger partial charge on any atom is -0.307 e. The summed E-state index contributed by atoms with van der Waals surface area (Å²) in [5.41, 5.74) is 4.03. The summed E-state index contributed by atoms with van der Waals surface area (Å²) in [4.78, 5) is 24.4. The smallest absolute Gasteiger partial charge is 0.170 e. The fraction of sp³-hybridized carbons (Fsp3) is 0.464. The molecule has 33 heavy (non-hydrogen) atoms. The van der Waals surface area contributed by atoms with Crippen molar-refractivity contribution in [2.75, 3.05) is 11.2 Å².